The van der Waals surface area contributed by atoms with E-state index >= 15 is 0 Å². The number of rotatable bonds is 4. The van der Waals surface area contributed by atoms with E-state index in [0.717, 1.165) is 7.11 Å². The van der Waals surface area contributed by atoms with E-state index in [1.165, 1.54) is 0 Å². The van der Waals surface area contributed by atoms with Gasteiger partial charge in [-0.1, -0.05) is 0 Å². The Balaban J connectivity index is 2.21. The van der Waals surface area contributed by atoms with E-state index < -0.39 is 73.9 Å². The normalized spacial score (nSPS) is 51.4. The van der Waals surface area contributed by atoms with Crippen LogP contribution in [0.25, 0.3) is 0 Å². The van der Waals surface area contributed by atoms with Crippen LogP contribution >= 0.6 is 0 Å². The summed E-state index contributed by atoms with van der Waals surface area (Å²) in [6.45, 7) is -1.30. The van der Waals surface area contributed by atoms with E-state index in [0.29, 0.717) is 0 Å². The van der Waals surface area contributed by atoms with Crippen LogP contribution in [0, 0.1) is 0 Å². The Morgan fingerprint density at radius 3 is 2.25 bits per heavy atom. The van der Waals surface area contributed by atoms with Gasteiger partial charge in [-0.3, -0.25) is 0 Å². The van der Waals surface area contributed by atoms with Crippen LogP contribution in [-0.4, -0.2) is 122 Å². The number of aliphatic hydroxyl groups excluding tert-OH is 7. The zero-order valence-corrected chi connectivity index (χ0v) is 12.9. The summed E-state index contributed by atoms with van der Waals surface area (Å²) in [4.78, 5) is 0. The average molecular weight is 356 g/mol. The molecule has 0 radical (unpaired) electrons. The number of ether oxygens (including phenoxy) is 3. The van der Waals surface area contributed by atoms with E-state index in [1.54, 1.807) is 0 Å². The van der Waals surface area contributed by atoms with Crippen LogP contribution in [0.2, 0.25) is 0 Å². The molecular formula is C13H24O11. The van der Waals surface area contributed by atoms with Gasteiger partial charge in [-0.05, 0) is 0 Å². The lowest BCUT2D eigenvalue weighted by Gasteiger charge is -2.49. The lowest BCUT2D eigenvalue weighted by atomic mass is 9.79. The minimum atomic E-state index is -2.46. The first-order valence-corrected chi connectivity index (χ1v) is 7.40. The van der Waals surface area contributed by atoms with Crippen LogP contribution < -0.4 is 0 Å². The van der Waals surface area contributed by atoms with Crippen LogP contribution in [0.1, 0.15) is 0 Å². The van der Waals surface area contributed by atoms with E-state index in [9.17, 15) is 35.7 Å². The second-order valence-corrected chi connectivity index (χ2v) is 6.08. The molecule has 0 aromatic rings. The fraction of sp³-hybridized carbons (Fsp3) is 1.00. The van der Waals surface area contributed by atoms with Gasteiger partial charge in [0.25, 0.3) is 0 Å². The highest BCUT2D eigenvalue weighted by molar-refractivity contribution is 5.07. The second kappa shape index (κ2) is 7.43. The molecule has 0 aromatic carbocycles. The SMILES string of the molecule is CO[C@H]1O[C@H](C(O)[C@]2(O)CO[C@H](CO)[C@@H](O)[C@@H]2O)[C@@H](O)[C@H](O)[C@@H]1O. The highest BCUT2D eigenvalue weighted by Gasteiger charge is 2.58. The van der Waals surface area contributed by atoms with Crippen molar-refractivity contribution < 1.29 is 55.1 Å². The zero-order chi connectivity index (χ0) is 18.2. The molecule has 0 bridgehead atoms. The molecule has 2 aliphatic heterocycles. The van der Waals surface area contributed by atoms with Crippen molar-refractivity contribution in [1.29, 1.82) is 0 Å². The van der Waals surface area contributed by atoms with Gasteiger partial charge in [0.2, 0.25) is 0 Å². The minimum Gasteiger partial charge on any atom is -0.394 e. The molecule has 2 saturated heterocycles. The Kier molecular flexibility index (Phi) is 6.16. The van der Waals surface area contributed by atoms with Gasteiger partial charge in [0.05, 0.1) is 13.2 Å². The number of hydrogen-bond donors (Lipinski definition) is 8. The van der Waals surface area contributed by atoms with Crippen LogP contribution in [0.3, 0.4) is 0 Å². The fourth-order valence-electron chi connectivity index (χ4n) is 2.96. The lowest BCUT2D eigenvalue weighted by molar-refractivity contribution is -0.335. The highest BCUT2D eigenvalue weighted by atomic mass is 16.7. The summed E-state index contributed by atoms with van der Waals surface area (Å²) in [6, 6.07) is 0. The topological polar surface area (TPSA) is 190 Å². The van der Waals surface area contributed by atoms with Crippen molar-refractivity contribution in [3.63, 3.8) is 0 Å². The molecule has 0 amide bonds. The molecule has 2 rings (SSSR count). The first-order chi connectivity index (χ1) is 11.2. The maximum atomic E-state index is 10.5. The third kappa shape index (κ3) is 3.18. The van der Waals surface area contributed by atoms with E-state index in [1.807, 2.05) is 0 Å². The monoisotopic (exact) mass is 356 g/mol. The first kappa shape index (κ1) is 19.9. The van der Waals surface area contributed by atoms with Crippen molar-refractivity contribution in [3.05, 3.63) is 0 Å². The molecule has 10 atom stereocenters. The third-order valence-electron chi connectivity index (χ3n) is 4.59. The Bertz CT molecular complexity index is 421. The lowest BCUT2D eigenvalue weighted by Crippen LogP contribution is -2.72. The predicted octanol–water partition coefficient (Wildman–Crippen LogP) is -5.35. The van der Waals surface area contributed by atoms with Gasteiger partial charge in [-0.15, -0.1) is 0 Å². The quantitative estimate of drug-likeness (QED) is 0.240. The van der Waals surface area contributed by atoms with Crippen LogP contribution in [-0.2, 0) is 14.2 Å². The Morgan fingerprint density at radius 1 is 1.08 bits per heavy atom. The molecule has 11 nitrogen and oxygen atoms in total. The summed E-state index contributed by atoms with van der Waals surface area (Å²) in [7, 11) is 1.16. The molecule has 0 spiro atoms. The molecule has 1 unspecified atom stereocenters. The van der Waals surface area contributed by atoms with Crippen molar-refractivity contribution in [3.8, 4) is 0 Å². The summed E-state index contributed by atoms with van der Waals surface area (Å²) >= 11 is 0. The van der Waals surface area contributed by atoms with Gasteiger partial charge in [0.1, 0.15) is 54.4 Å². The number of aliphatic hydroxyl groups is 8. The summed E-state index contributed by atoms with van der Waals surface area (Å²) in [5, 5.41) is 79.4. The van der Waals surface area contributed by atoms with Gasteiger partial charge in [0.15, 0.2) is 6.29 Å². The first-order valence-electron chi connectivity index (χ1n) is 7.40. The fourth-order valence-corrected chi connectivity index (χ4v) is 2.96. The Morgan fingerprint density at radius 2 is 1.71 bits per heavy atom. The average Bonchev–Trinajstić information content (AvgIpc) is 2.57. The van der Waals surface area contributed by atoms with E-state index in [2.05, 4.69) is 0 Å². The Hall–Kier alpha value is -0.440. The van der Waals surface area contributed by atoms with Crippen LogP contribution in [0.4, 0.5) is 0 Å². The van der Waals surface area contributed by atoms with E-state index in [-0.39, 0.29) is 0 Å². The van der Waals surface area contributed by atoms with Gasteiger partial charge >= 0.3 is 0 Å². The zero-order valence-electron chi connectivity index (χ0n) is 12.9. The highest BCUT2D eigenvalue weighted by Crippen LogP contribution is 2.33. The molecular weight excluding hydrogens is 332 g/mol. The molecule has 24 heavy (non-hydrogen) atoms. The van der Waals surface area contributed by atoms with Crippen LogP contribution in [0.5, 0.6) is 0 Å². The maximum absolute atomic E-state index is 10.5. The standard InChI is InChI=1S/C13H24O11/c1-22-12-8(18)6(16)7(17)9(24-12)11(20)13(21)3-23-4(2-14)5(15)10(13)19/h4-12,14-21H,2-3H2,1H3/t4-,5-,6+,7+,8+,9+,10+,11?,12+,13+/m1/s1. The molecule has 2 heterocycles. The largest absolute Gasteiger partial charge is 0.394 e. The van der Waals surface area contributed by atoms with Crippen molar-refractivity contribution in [1.82, 2.24) is 0 Å². The minimum absolute atomic E-state index is 0.621. The maximum Gasteiger partial charge on any atom is 0.186 e. The summed E-state index contributed by atoms with van der Waals surface area (Å²) in [6.07, 6.45) is -15.0. The summed E-state index contributed by atoms with van der Waals surface area (Å²) in [5.41, 5.74) is -2.46. The molecule has 0 aliphatic carbocycles. The van der Waals surface area contributed by atoms with Gasteiger partial charge in [-0.2, -0.15) is 0 Å². The molecule has 2 aliphatic rings. The van der Waals surface area contributed by atoms with Gasteiger partial charge < -0.3 is 55.1 Å². The predicted molar refractivity (Wildman–Crippen MR) is 73.5 cm³/mol. The molecule has 8 N–H and O–H groups in total. The Labute approximate surface area is 137 Å². The second-order valence-electron chi connectivity index (χ2n) is 6.08. The number of methoxy groups -OCH3 is 1. The summed E-state index contributed by atoms with van der Waals surface area (Å²) < 4.78 is 15.0. The molecule has 142 valence electrons. The van der Waals surface area contributed by atoms with Crippen molar-refractivity contribution in [2.24, 2.45) is 0 Å². The molecule has 2 fully saturated rings. The van der Waals surface area contributed by atoms with Crippen molar-refractivity contribution in [2.45, 2.75) is 60.7 Å². The van der Waals surface area contributed by atoms with Crippen LogP contribution in [0.15, 0.2) is 0 Å². The van der Waals surface area contributed by atoms with Gasteiger partial charge in [-0.25, -0.2) is 0 Å². The van der Waals surface area contributed by atoms with Crippen molar-refractivity contribution in [2.75, 3.05) is 20.3 Å². The van der Waals surface area contributed by atoms with Crippen molar-refractivity contribution >= 4 is 0 Å². The molecule has 0 aromatic heterocycles. The molecule has 11 heteroatoms. The summed E-state index contributed by atoms with van der Waals surface area (Å²) in [5.74, 6) is 0. The van der Waals surface area contributed by atoms with Gasteiger partial charge in [0, 0.05) is 7.11 Å². The van der Waals surface area contributed by atoms with E-state index in [4.69, 9.17) is 19.3 Å². The number of hydrogen-bond acceptors (Lipinski definition) is 11. The molecule has 0 saturated carbocycles. The smallest absolute Gasteiger partial charge is 0.186 e. The third-order valence-corrected chi connectivity index (χ3v) is 4.59.